The van der Waals surface area contributed by atoms with E-state index in [0.717, 1.165) is 39.7 Å². The summed E-state index contributed by atoms with van der Waals surface area (Å²) in [5.74, 6) is 0. The number of nitrogen functional groups attached to an aromatic ring is 1. The van der Waals surface area contributed by atoms with Crippen LogP contribution in [0.2, 0.25) is 0 Å². The number of aryl methyl sites for hydroxylation is 1. The van der Waals surface area contributed by atoms with Gasteiger partial charge in [-0.05, 0) is 40.0 Å². The summed E-state index contributed by atoms with van der Waals surface area (Å²) in [6.45, 7) is 8.28. The van der Waals surface area contributed by atoms with Crippen LogP contribution in [0.25, 0.3) is 10.2 Å². The fourth-order valence-electron chi connectivity index (χ4n) is 1.88. The fourth-order valence-corrected chi connectivity index (χ4v) is 2.74. The third-order valence-electron chi connectivity index (χ3n) is 3.33. The molecule has 0 amide bonds. The second-order valence-electron chi connectivity index (χ2n) is 5.14. The zero-order valence-electron chi connectivity index (χ0n) is 12.0. The average molecular weight is 278 g/mol. The molecule has 0 saturated carbocycles. The minimum atomic E-state index is 0.558. The lowest BCUT2D eigenvalue weighted by atomic mass is 10.2. The number of hydrogen-bond acceptors (Lipinski definition) is 5. The number of nitrogens with one attached hydrogen (secondary N) is 1. The van der Waals surface area contributed by atoms with Crippen LogP contribution >= 0.6 is 11.3 Å². The summed E-state index contributed by atoms with van der Waals surface area (Å²) in [4.78, 5) is 6.80. The number of anilines is 2. The highest BCUT2D eigenvalue weighted by molar-refractivity contribution is 7.18. The summed E-state index contributed by atoms with van der Waals surface area (Å²) in [6, 6.07) is 4.61. The number of rotatable bonds is 5. The van der Waals surface area contributed by atoms with Gasteiger partial charge in [-0.1, -0.05) is 0 Å². The third-order valence-corrected chi connectivity index (χ3v) is 4.26. The molecule has 1 heterocycles. The molecule has 0 aliphatic carbocycles. The largest absolute Gasteiger partial charge is 0.397 e. The van der Waals surface area contributed by atoms with E-state index in [1.807, 2.05) is 19.1 Å². The van der Waals surface area contributed by atoms with Crippen LogP contribution in [-0.2, 0) is 0 Å². The Morgan fingerprint density at radius 2 is 2.16 bits per heavy atom. The average Bonchev–Trinajstić information content (AvgIpc) is 2.68. The number of hydrogen-bond donors (Lipinski definition) is 2. The Morgan fingerprint density at radius 1 is 1.42 bits per heavy atom. The van der Waals surface area contributed by atoms with Crippen molar-refractivity contribution in [3.05, 3.63) is 17.1 Å². The lowest BCUT2D eigenvalue weighted by molar-refractivity contribution is 0.284. The van der Waals surface area contributed by atoms with E-state index in [1.54, 1.807) is 11.3 Å². The Kier molecular flexibility index (Phi) is 4.27. The van der Waals surface area contributed by atoms with Gasteiger partial charge in [0.05, 0.1) is 26.6 Å². The van der Waals surface area contributed by atoms with Gasteiger partial charge in [-0.25, -0.2) is 4.98 Å². The predicted octanol–water partition coefficient (Wildman–Crippen LogP) is 2.94. The maximum Gasteiger partial charge on any atom is 0.0907 e. The van der Waals surface area contributed by atoms with Gasteiger partial charge >= 0.3 is 0 Å². The van der Waals surface area contributed by atoms with E-state index in [0.29, 0.717) is 6.04 Å². The lowest BCUT2D eigenvalue weighted by Crippen LogP contribution is -2.31. The maximum absolute atomic E-state index is 6.08. The number of nitrogens with zero attached hydrogens (tertiary/aromatic N) is 2. The van der Waals surface area contributed by atoms with Crippen LogP contribution in [0.1, 0.15) is 18.9 Å². The van der Waals surface area contributed by atoms with Crippen molar-refractivity contribution >= 4 is 32.9 Å². The van der Waals surface area contributed by atoms with Crippen LogP contribution in [0, 0.1) is 6.92 Å². The fraction of sp³-hybridized carbons (Fsp3) is 0.500. The van der Waals surface area contributed by atoms with Crippen LogP contribution in [0.5, 0.6) is 0 Å². The molecule has 0 radical (unpaired) electrons. The lowest BCUT2D eigenvalue weighted by Gasteiger charge is -2.21. The predicted molar refractivity (Wildman–Crippen MR) is 85.0 cm³/mol. The molecule has 0 aliphatic heterocycles. The quantitative estimate of drug-likeness (QED) is 0.826. The first kappa shape index (κ1) is 14.1. The van der Waals surface area contributed by atoms with E-state index in [2.05, 4.69) is 36.1 Å². The second-order valence-corrected chi connectivity index (χ2v) is 6.38. The highest BCUT2D eigenvalue weighted by atomic mass is 32.1. The molecule has 0 saturated heterocycles. The Morgan fingerprint density at radius 3 is 2.84 bits per heavy atom. The molecule has 4 nitrogen and oxygen atoms in total. The number of likely N-dealkylation sites (N-methyl/N-ethyl adjacent to an activating group) is 1. The first-order valence-corrected chi connectivity index (χ1v) is 7.40. The number of nitrogens with two attached hydrogens (primary N) is 1. The molecule has 0 atom stereocenters. The Hall–Kier alpha value is -1.33. The third kappa shape index (κ3) is 3.36. The van der Waals surface area contributed by atoms with Crippen molar-refractivity contribution < 1.29 is 0 Å². The highest BCUT2D eigenvalue weighted by Crippen LogP contribution is 2.29. The normalized spacial score (nSPS) is 11.7. The van der Waals surface area contributed by atoms with Crippen LogP contribution in [0.4, 0.5) is 11.4 Å². The second kappa shape index (κ2) is 5.75. The first-order chi connectivity index (χ1) is 8.97. The SMILES string of the molecule is Cc1nc2cc(NCCN(C)C(C)C)c(N)cc2s1. The van der Waals surface area contributed by atoms with Gasteiger partial charge in [0.1, 0.15) is 0 Å². The molecular weight excluding hydrogens is 256 g/mol. The smallest absolute Gasteiger partial charge is 0.0907 e. The summed E-state index contributed by atoms with van der Waals surface area (Å²) >= 11 is 1.68. The van der Waals surface area contributed by atoms with Crippen molar-refractivity contribution in [2.45, 2.75) is 26.8 Å². The van der Waals surface area contributed by atoms with Crippen molar-refractivity contribution in [1.29, 1.82) is 0 Å². The van der Waals surface area contributed by atoms with E-state index in [9.17, 15) is 0 Å². The van der Waals surface area contributed by atoms with Gasteiger partial charge in [0.15, 0.2) is 0 Å². The molecule has 0 unspecified atom stereocenters. The van der Waals surface area contributed by atoms with Crippen molar-refractivity contribution in [2.24, 2.45) is 0 Å². The summed E-state index contributed by atoms with van der Waals surface area (Å²) in [6.07, 6.45) is 0. The number of thiazole rings is 1. The number of aromatic nitrogens is 1. The summed E-state index contributed by atoms with van der Waals surface area (Å²) < 4.78 is 1.15. The topological polar surface area (TPSA) is 54.2 Å². The zero-order chi connectivity index (χ0) is 14.0. The highest BCUT2D eigenvalue weighted by Gasteiger charge is 2.07. The summed E-state index contributed by atoms with van der Waals surface area (Å²) in [7, 11) is 2.13. The van der Waals surface area contributed by atoms with Crippen LogP contribution in [-0.4, -0.2) is 36.1 Å². The van der Waals surface area contributed by atoms with Gasteiger partial charge in [-0.3, -0.25) is 0 Å². The molecule has 2 aromatic rings. The van der Waals surface area contributed by atoms with Crippen molar-refractivity contribution in [3.63, 3.8) is 0 Å². The Bertz CT molecular complexity index is 562. The molecule has 0 spiro atoms. The molecule has 104 valence electrons. The van der Waals surface area contributed by atoms with Crippen molar-refractivity contribution in [3.8, 4) is 0 Å². The molecule has 3 N–H and O–H groups in total. The van der Waals surface area contributed by atoms with Crippen LogP contribution in [0.15, 0.2) is 12.1 Å². The number of fused-ring (bicyclic) bond motifs is 1. The van der Waals surface area contributed by atoms with E-state index < -0.39 is 0 Å². The number of benzene rings is 1. The van der Waals surface area contributed by atoms with Gasteiger partial charge < -0.3 is 16.0 Å². The van der Waals surface area contributed by atoms with E-state index in [4.69, 9.17) is 5.73 Å². The molecule has 1 aromatic carbocycles. The standard InChI is InChI=1S/C14H22N4S/c1-9(2)18(4)6-5-16-12-8-13-14(7-11(12)15)19-10(3)17-13/h7-9,16H,5-6,15H2,1-4H3. The molecule has 0 fully saturated rings. The minimum absolute atomic E-state index is 0.558. The minimum Gasteiger partial charge on any atom is -0.397 e. The van der Waals surface area contributed by atoms with Crippen LogP contribution in [0.3, 0.4) is 0 Å². The zero-order valence-corrected chi connectivity index (χ0v) is 12.8. The van der Waals surface area contributed by atoms with Gasteiger partial charge in [0.25, 0.3) is 0 Å². The van der Waals surface area contributed by atoms with Crippen LogP contribution < -0.4 is 11.1 Å². The summed E-state index contributed by atoms with van der Waals surface area (Å²) in [5, 5.41) is 4.47. The molecule has 2 rings (SSSR count). The Balaban J connectivity index is 2.06. The van der Waals surface area contributed by atoms with Gasteiger partial charge in [0.2, 0.25) is 0 Å². The van der Waals surface area contributed by atoms with E-state index >= 15 is 0 Å². The summed E-state index contributed by atoms with van der Waals surface area (Å²) in [5.41, 5.74) is 8.88. The molecular formula is C14H22N4S. The first-order valence-electron chi connectivity index (χ1n) is 6.58. The molecule has 0 bridgehead atoms. The molecule has 1 aromatic heterocycles. The van der Waals surface area contributed by atoms with Crippen molar-refractivity contribution in [2.75, 3.05) is 31.2 Å². The van der Waals surface area contributed by atoms with E-state index in [1.165, 1.54) is 0 Å². The monoisotopic (exact) mass is 278 g/mol. The maximum atomic E-state index is 6.08. The van der Waals surface area contributed by atoms with Crippen molar-refractivity contribution in [1.82, 2.24) is 9.88 Å². The molecule has 19 heavy (non-hydrogen) atoms. The van der Waals surface area contributed by atoms with E-state index in [-0.39, 0.29) is 0 Å². The molecule has 5 heteroatoms. The van der Waals surface area contributed by atoms with Gasteiger partial charge in [-0.2, -0.15) is 0 Å². The van der Waals surface area contributed by atoms with Gasteiger partial charge in [-0.15, -0.1) is 11.3 Å². The molecule has 0 aliphatic rings. The Labute approximate surface area is 118 Å². The van der Waals surface area contributed by atoms with Gasteiger partial charge in [0, 0.05) is 19.1 Å².